The van der Waals surface area contributed by atoms with E-state index in [9.17, 15) is 4.79 Å². The van der Waals surface area contributed by atoms with Crippen LogP contribution in [0.4, 0.5) is 10.2 Å². The molecule has 0 spiro atoms. The molecule has 6 nitrogen and oxygen atoms in total. The minimum atomic E-state index is -0.361. The number of halogens is 1. The quantitative estimate of drug-likeness (QED) is 0.491. The van der Waals surface area contributed by atoms with Crippen LogP contribution in [0, 0.1) is 11.2 Å². The van der Waals surface area contributed by atoms with Crippen molar-refractivity contribution < 1.29 is 13.9 Å². The number of carbonyl (C=O) groups excluding carboxylic acids is 1. The van der Waals surface area contributed by atoms with E-state index in [0.29, 0.717) is 34.1 Å². The van der Waals surface area contributed by atoms with Crippen molar-refractivity contribution in [3.63, 3.8) is 0 Å². The summed E-state index contributed by atoms with van der Waals surface area (Å²) in [7, 11) is 1.80. The number of hydrogen-bond acceptors (Lipinski definition) is 4. The van der Waals surface area contributed by atoms with Crippen LogP contribution < -0.4 is 10.1 Å². The molecule has 7 heteroatoms. The number of nitrogens with one attached hydrogen (secondary N) is 1. The second-order valence-electron chi connectivity index (χ2n) is 10.3. The number of ether oxygens (including phenoxy) is 1. The summed E-state index contributed by atoms with van der Waals surface area (Å²) in [5.74, 6) is 0.848. The molecule has 1 N–H and O–H groups in total. The lowest BCUT2D eigenvalue weighted by molar-refractivity contribution is 0.102. The molecule has 2 aliphatic rings. The summed E-state index contributed by atoms with van der Waals surface area (Å²) < 4.78 is 22.9. The maximum absolute atomic E-state index is 15.1. The van der Waals surface area contributed by atoms with Crippen LogP contribution in [0.2, 0.25) is 0 Å². The van der Waals surface area contributed by atoms with Crippen molar-refractivity contribution in [2.45, 2.75) is 39.5 Å². The van der Waals surface area contributed by atoms with Crippen LogP contribution in [0.25, 0.3) is 5.70 Å². The number of nitrogens with zero attached hydrogens (tertiary/aromatic N) is 3. The number of anilines is 1. The van der Waals surface area contributed by atoms with Crippen LogP contribution in [0.5, 0.6) is 11.5 Å². The predicted molar refractivity (Wildman–Crippen MR) is 135 cm³/mol. The number of amides is 1. The first-order valence-corrected chi connectivity index (χ1v) is 12.1. The van der Waals surface area contributed by atoms with Gasteiger partial charge in [-0.15, -0.1) is 0 Å². The van der Waals surface area contributed by atoms with E-state index in [2.05, 4.69) is 35.7 Å². The smallest absolute Gasteiger partial charge is 0.257 e. The second kappa shape index (κ2) is 8.87. The van der Waals surface area contributed by atoms with Crippen LogP contribution >= 0.6 is 0 Å². The van der Waals surface area contributed by atoms with Crippen LogP contribution in [0.3, 0.4) is 0 Å². The fourth-order valence-electron chi connectivity index (χ4n) is 5.09. The highest BCUT2D eigenvalue weighted by Gasteiger charge is 2.32. The average Bonchev–Trinajstić information content (AvgIpc) is 3.53. The van der Waals surface area contributed by atoms with Gasteiger partial charge in [0.1, 0.15) is 17.3 Å². The number of rotatable bonds is 6. The zero-order chi connectivity index (χ0) is 24.7. The SMILES string of the molecule is C=C(c1ccc(Oc2cc(C(=O)Nc3ccn(C)n3)cc3c2CC(C)(C)C3)cc1F)N1CCCC1. The number of fused-ring (bicyclic) bond motifs is 1. The van der Waals surface area contributed by atoms with Gasteiger partial charge in [0, 0.05) is 55.3 Å². The standard InChI is InChI=1S/C28H31FN4O2/c1-18(33-10-5-6-11-33)22-8-7-21(15-24(22)29)35-25-14-19(13-20-16-28(2,3)17-23(20)25)27(34)30-26-9-12-32(4)31-26/h7-9,12-15H,1,5-6,10-11,16-17H2,2-4H3,(H,30,31,34). The van der Waals surface area contributed by atoms with Crippen molar-refractivity contribution >= 4 is 17.4 Å². The zero-order valence-electron chi connectivity index (χ0n) is 20.5. The van der Waals surface area contributed by atoms with E-state index < -0.39 is 0 Å². The fourth-order valence-corrected chi connectivity index (χ4v) is 5.09. The molecular formula is C28H31FN4O2. The van der Waals surface area contributed by atoms with Crippen molar-refractivity contribution in [1.29, 1.82) is 0 Å². The molecule has 1 aromatic heterocycles. The Kier molecular flexibility index (Phi) is 5.87. The predicted octanol–water partition coefficient (Wildman–Crippen LogP) is 5.80. The summed E-state index contributed by atoms with van der Waals surface area (Å²) in [6, 6.07) is 10.3. The lowest BCUT2D eigenvalue weighted by atomic mass is 9.90. The molecule has 0 radical (unpaired) electrons. The molecule has 1 aliphatic heterocycles. The Hall–Kier alpha value is -3.61. The molecule has 1 fully saturated rings. The van der Waals surface area contributed by atoms with Gasteiger partial charge in [-0.3, -0.25) is 9.48 Å². The van der Waals surface area contributed by atoms with E-state index in [1.54, 1.807) is 42.2 Å². The Labute approximate surface area is 205 Å². The van der Waals surface area contributed by atoms with Gasteiger partial charge in [-0.2, -0.15) is 5.10 Å². The molecule has 0 bridgehead atoms. The Balaban J connectivity index is 1.43. The van der Waals surface area contributed by atoms with Gasteiger partial charge < -0.3 is 15.0 Å². The molecular weight excluding hydrogens is 443 g/mol. The summed E-state index contributed by atoms with van der Waals surface area (Å²) >= 11 is 0. The zero-order valence-corrected chi connectivity index (χ0v) is 20.5. The second-order valence-corrected chi connectivity index (χ2v) is 10.3. The monoisotopic (exact) mass is 474 g/mol. The van der Waals surface area contributed by atoms with Gasteiger partial charge >= 0.3 is 0 Å². The van der Waals surface area contributed by atoms with Gasteiger partial charge in [0.15, 0.2) is 5.82 Å². The molecule has 0 unspecified atom stereocenters. The molecule has 1 aliphatic carbocycles. The molecule has 0 atom stereocenters. The molecule has 3 aromatic rings. The maximum atomic E-state index is 15.1. The molecule has 0 saturated carbocycles. The van der Waals surface area contributed by atoms with Gasteiger partial charge in [0.05, 0.1) is 0 Å². The third-order valence-corrected chi connectivity index (χ3v) is 6.81. The van der Waals surface area contributed by atoms with E-state index in [1.807, 2.05) is 6.07 Å². The normalized spacial score (nSPS) is 16.3. The van der Waals surface area contributed by atoms with Crippen molar-refractivity contribution in [3.05, 3.63) is 77.2 Å². The molecule has 5 rings (SSSR count). The van der Waals surface area contributed by atoms with Crippen molar-refractivity contribution in [3.8, 4) is 11.5 Å². The number of aromatic nitrogens is 2. The number of hydrogen-bond donors (Lipinski definition) is 1. The molecule has 2 heterocycles. The molecule has 1 amide bonds. The van der Waals surface area contributed by atoms with Gasteiger partial charge in [-0.25, -0.2) is 4.39 Å². The third-order valence-electron chi connectivity index (χ3n) is 6.81. The molecule has 35 heavy (non-hydrogen) atoms. The van der Waals surface area contributed by atoms with Crippen LogP contribution in [0.15, 0.2) is 49.2 Å². The van der Waals surface area contributed by atoms with Gasteiger partial charge in [0.2, 0.25) is 0 Å². The van der Waals surface area contributed by atoms with Gasteiger partial charge in [-0.05, 0) is 66.5 Å². The lowest BCUT2D eigenvalue weighted by Gasteiger charge is -2.21. The first-order valence-electron chi connectivity index (χ1n) is 12.1. The van der Waals surface area contributed by atoms with Gasteiger partial charge in [-0.1, -0.05) is 20.4 Å². The van der Waals surface area contributed by atoms with Crippen LogP contribution in [-0.2, 0) is 19.9 Å². The molecule has 182 valence electrons. The first kappa shape index (κ1) is 23.1. The number of carbonyl (C=O) groups is 1. The summed E-state index contributed by atoms with van der Waals surface area (Å²) in [5.41, 5.74) is 3.89. The average molecular weight is 475 g/mol. The minimum Gasteiger partial charge on any atom is -0.457 e. The van der Waals surface area contributed by atoms with Crippen molar-refractivity contribution in [2.24, 2.45) is 12.5 Å². The number of aryl methyl sites for hydroxylation is 1. The largest absolute Gasteiger partial charge is 0.457 e. The van der Waals surface area contributed by atoms with Gasteiger partial charge in [0.25, 0.3) is 5.91 Å². The van der Waals surface area contributed by atoms with Crippen LogP contribution in [-0.4, -0.2) is 33.7 Å². The Morgan fingerprint density at radius 1 is 1.14 bits per heavy atom. The molecule has 1 saturated heterocycles. The fraction of sp³-hybridized carbons (Fsp3) is 0.357. The molecule has 2 aromatic carbocycles. The topological polar surface area (TPSA) is 59.4 Å². The van der Waals surface area contributed by atoms with E-state index in [-0.39, 0.29) is 17.1 Å². The van der Waals surface area contributed by atoms with Crippen LogP contribution in [0.1, 0.15) is 53.7 Å². The first-order chi connectivity index (χ1) is 16.7. The number of benzene rings is 2. The van der Waals surface area contributed by atoms with E-state index in [4.69, 9.17) is 4.74 Å². The minimum absolute atomic E-state index is 0.0547. The summed E-state index contributed by atoms with van der Waals surface area (Å²) in [4.78, 5) is 15.1. The maximum Gasteiger partial charge on any atom is 0.257 e. The summed E-state index contributed by atoms with van der Waals surface area (Å²) in [6.07, 6.45) is 5.64. The Bertz CT molecular complexity index is 1300. The van der Waals surface area contributed by atoms with E-state index in [1.165, 1.54) is 6.07 Å². The highest BCUT2D eigenvalue weighted by atomic mass is 19.1. The highest BCUT2D eigenvalue weighted by molar-refractivity contribution is 6.04. The highest BCUT2D eigenvalue weighted by Crippen LogP contribution is 2.43. The summed E-state index contributed by atoms with van der Waals surface area (Å²) in [6.45, 7) is 10.3. The third kappa shape index (κ3) is 4.81. The van der Waals surface area contributed by atoms with E-state index >= 15 is 4.39 Å². The number of likely N-dealkylation sites (tertiary alicyclic amines) is 1. The van der Waals surface area contributed by atoms with E-state index in [0.717, 1.165) is 49.9 Å². The Morgan fingerprint density at radius 2 is 1.91 bits per heavy atom. The van der Waals surface area contributed by atoms with Crippen molar-refractivity contribution in [2.75, 3.05) is 18.4 Å². The lowest BCUT2D eigenvalue weighted by Crippen LogP contribution is -2.17. The summed E-state index contributed by atoms with van der Waals surface area (Å²) in [5, 5.41) is 7.06. The Morgan fingerprint density at radius 3 is 2.60 bits per heavy atom. The van der Waals surface area contributed by atoms with Crippen molar-refractivity contribution in [1.82, 2.24) is 14.7 Å².